The lowest BCUT2D eigenvalue weighted by atomic mass is 9.82. The molecule has 0 fully saturated rings. The predicted molar refractivity (Wildman–Crippen MR) is 186 cm³/mol. The van der Waals surface area contributed by atoms with Crippen molar-refractivity contribution in [2.45, 2.75) is 37.5 Å². The van der Waals surface area contributed by atoms with Gasteiger partial charge in [-0.25, -0.2) is 4.99 Å². The minimum atomic E-state index is -1.39. The molecule has 4 aromatic rings. The zero-order valence-corrected chi connectivity index (χ0v) is 26.9. The Balaban J connectivity index is 1.52. The highest BCUT2D eigenvalue weighted by Gasteiger charge is 2.53. The maximum absolute atomic E-state index is 14.5. The maximum atomic E-state index is 14.5. The smallest absolute Gasteiger partial charge is 0.252 e. The SMILES string of the molecule is COc1ccc(CCNC(=O)[C@]2(C/C=C/c3ccccc3)N=C(c3ccc(OCCCO)cc3)O[C@@H]2c2ccccc2CN=[N+]=[N-])cc1. The lowest BCUT2D eigenvalue weighted by Crippen LogP contribution is -2.48. The van der Waals surface area contributed by atoms with Crippen LogP contribution in [0.15, 0.2) is 119 Å². The Morgan fingerprint density at radius 2 is 1.75 bits per heavy atom. The minimum Gasteiger partial charge on any atom is -0.497 e. The first-order valence-corrected chi connectivity index (χ1v) is 15.9. The summed E-state index contributed by atoms with van der Waals surface area (Å²) in [6.45, 7) is 0.920. The summed E-state index contributed by atoms with van der Waals surface area (Å²) in [6, 6.07) is 32.4. The second kappa shape index (κ2) is 16.8. The van der Waals surface area contributed by atoms with Crippen molar-refractivity contribution < 1.29 is 24.1 Å². The number of carbonyl (C=O) groups excluding carboxylic acids is 1. The molecule has 48 heavy (non-hydrogen) atoms. The first-order chi connectivity index (χ1) is 23.6. The molecular weight excluding hydrogens is 606 g/mol. The molecule has 0 spiro atoms. The van der Waals surface area contributed by atoms with Crippen molar-refractivity contribution in [2.24, 2.45) is 10.1 Å². The maximum Gasteiger partial charge on any atom is 0.252 e. The number of methoxy groups -OCH3 is 1. The molecule has 5 rings (SSSR count). The Hall–Kier alpha value is -5.57. The molecule has 1 aliphatic heterocycles. The summed E-state index contributed by atoms with van der Waals surface area (Å²) >= 11 is 0. The summed E-state index contributed by atoms with van der Waals surface area (Å²) in [5, 5.41) is 16.1. The first kappa shape index (κ1) is 33.8. The normalized spacial score (nSPS) is 16.9. The van der Waals surface area contributed by atoms with Crippen LogP contribution < -0.4 is 14.8 Å². The van der Waals surface area contributed by atoms with Gasteiger partial charge in [0.15, 0.2) is 11.6 Å². The average Bonchev–Trinajstić information content (AvgIpc) is 3.52. The van der Waals surface area contributed by atoms with E-state index in [1.165, 1.54) is 0 Å². The van der Waals surface area contributed by atoms with Crippen LogP contribution >= 0.6 is 0 Å². The van der Waals surface area contributed by atoms with E-state index in [9.17, 15) is 4.79 Å². The van der Waals surface area contributed by atoms with Gasteiger partial charge < -0.3 is 24.6 Å². The molecule has 246 valence electrons. The molecule has 1 amide bonds. The third-order valence-corrected chi connectivity index (χ3v) is 8.07. The van der Waals surface area contributed by atoms with Crippen LogP contribution in [0.5, 0.6) is 11.5 Å². The van der Waals surface area contributed by atoms with Gasteiger partial charge in [-0.3, -0.25) is 4.79 Å². The standard InChI is InChI=1S/C38H39N5O5/c1-46-32-18-14-29(15-19-32)22-24-40-37(45)38(23-7-11-28-9-3-2-4-10-28)35(34-13-6-5-12-31(34)27-41-43-39)48-36(42-38)30-16-20-33(21-17-30)47-26-8-25-44/h2-7,9-21,35,44H,8,22-27H2,1H3,(H,40,45)/b11-7+/t35-,38-/m1/s1. The zero-order valence-electron chi connectivity index (χ0n) is 26.9. The molecule has 0 radical (unpaired) electrons. The third kappa shape index (κ3) is 8.41. The number of aliphatic imine (C=N–C) groups is 1. The van der Waals surface area contributed by atoms with Crippen molar-refractivity contribution in [3.63, 3.8) is 0 Å². The van der Waals surface area contributed by atoms with Gasteiger partial charge in [0, 0.05) is 36.5 Å². The van der Waals surface area contributed by atoms with E-state index in [4.69, 9.17) is 29.8 Å². The van der Waals surface area contributed by atoms with E-state index in [-0.39, 0.29) is 25.5 Å². The second-order valence-electron chi connectivity index (χ2n) is 11.2. The minimum absolute atomic E-state index is 0.0498. The van der Waals surface area contributed by atoms with Gasteiger partial charge in [0.2, 0.25) is 5.90 Å². The molecule has 0 unspecified atom stereocenters. The number of rotatable bonds is 16. The van der Waals surface area contributed by atoms with Gasteiger partial charge in [-0.05, 0) is 70.6 Å². The Bertz CT molecular complexity index is 1750. The molecule has 2 atom stereocenters. The number of hydrogen-bond acceptors (Lipinski definition) is 7. The summed E-state index contributed by atoms with van der Waals surface area (Å²) in [5.41, 5.74) is 11.9. The first-order valence-electron chi connectivity index (χ1n) is 15.9. The van der Waals surface area contributed by atoms with Crippen molar-refractivity contribution in [3.8, 4) is 11.5 Å². The molecule has 10 heteroatoms. The van der Waals surface area contributed by atoms with Gasteiger partial charge >= 0.3 is 0 Å². The quantitative estimate of drug-likeness (QED) is 0.0586. The fourth-order valence-electron chi connectivity index (χ4n) is 5.54. The van der Waals surface area contributed by atoms with Crippen LogP contribution in [0.3, 0.4) is 0 Å². The number of azide groups is 1. The lowest BCUT2D eigenvalue weighted by molar-refractivity contribution is -0.128. The summed E-state index contributed by atoms with van der Waals surface area (Å²) < 4.78 is 17.6. The van der Waals surface area contributed by atoms with Crippen LogP contribution in [-0.2, 0) is 22.5 Å². The van der Waals surface area contributed by atoms with Crippen LogP contribution in [0.1, 0.15) is 46.8 Å². The summed E-state index contributed by atoms with van der Waals surface area (Å²) in [7, 11) is 1.63. The van der Waals surface area contributed by atoms with E-state index in [1.807, 2.05) is 115 Å². The molecule has 4 aromatic carbocycles. The molecule has 0 saturated carbocycles. The highest BCUT2D eigenvalue weighted by atomic mass is 16.5. The molecule has 0 aromatic heterocycles. The Labute approximate surface area is 280 Å². The molecule has 2 N–H and O–H groups in total. The van der Waals surface area contributed by atoms with Crippen LogP contribution in [0.25, 0.3) is 16.5 Å². The average molecular weight is 646 g/mol. The van der Waals surface area contributed by atoms with E-state index in [1.54, 1.807) is 7.11 Å². The fourth-order valence-corrected chi connectivity index (χ4v) is 5.54. The zero-order chi connectivity index (χ0) is 33.6. The van der Waals surface area contributed by atoms with Crippen LogP contribution in [0.4, 0.5) is 0 Å². The topological polar surface area (TPSA) is 138 Å². The molecule has 1 aliphatic rings. The number of ether oxygens (including phenoxy) is 3. The van der Waals surface area contributed by atoms with Crippen molar-refractivity contribution in [2.75, 3.05) is 26.9 Å². The van der Waals surface area contributed by atoms with Gasteiger partial charge in [0.05, 0.1) is 20.3 Å². The van der Waals surface area contributed by atoms with Crippen LogP contribution in [0.2, 0.25) is 0 Å². The fraction of sp³-hybridized carbons (Fsp3) is 0.263. The van der Waals surface area contributed by atoms with E-state index < -0.39 is 11.6 Å². The summed E-state index contributed by atoms with van der Waals surface area (Å²) in [4.78, 5) is 22.6. The Morgan fingerprint density at radius 1 is 1.02 bits per heavy atom. The number of carbonyl (C=O) groups is 1. The van der Waals surface area contributed by atoms with E-state index in [0.29, 0.717) is 48.8 Å². The summed E-state index contributed by atoms with van der Waals surface area (Å²) in [6.07, 6.45) is 4.49. The van der Waals surface area contributed by atoms with Gasteiger partial charge in [0.25, 0.3) is 5.91 Å². The number of nitrogens with zero attached hydrogens (tertiary/aromatic N) is 4. The van der Waals surface area contributed by atoms with Gasteiger partial charge in [-0.1, -0.05) is 84.0 Å². The monoisotopic (exact) mass is 645 g/mol. The van der Waals surface area contributed by atoms with Crippen molar-refractivity contribution in [3.05, 3.63) is 147 Å². The van der Waals surface area contributed by atoms with E-state index >= 15 is 0 Å². The van der Waals surface area contributed by atoms with E-state index in [0.717, 1.165) is 22.4 Å². The van der Waals surface area contributed by atoms with Crippen molar-refractivity contribution in [1.29, 1.82) is 0 Å². The second-order valence-corrected chi connectivity index (χ2v) is 11.2. The van der Waals surface area contributed by atoms with Crippen molar-refractivity contribution in [1.82, 2.24) is 5.32 Å². The largest absolute Gasteiger partial charge is 0.497 e. The highest BCUT2D eigenvalue weighted by Crippen LogP contribution is 2.44. The lowest BCUT2D eigenvalue weighted by Gasteiger charge is -2.31. The van der Waals surface area contributed by atoms with Crippen LogP contribution in [-0.4, -0.2) is 49.3 Å². The number of aliphatic hydroxyl groups is 1. The number of hydrogen-bond donors (Lipinski definition) is 2. The number of benzene rings is 4. The Kier molecular flexibility index (Phi) is 11.8. The van der Waals surface area contributed by atoms with Crippen molar-refractivity contribution >= 4 is 17.9 Å². The van der Waals surface area contributed by atoms with Gasteiger partial charge in [-0.15, -0.1) is 0 Å². The highest BCUT2D eigenvalue weighted by molar-refractivity contribution is 6.01. The van der Waals surface area contributed by atoms with Gasteiger partial charge in [0.1, 0.15) is 11.5 Å². The molecule has 10 nitrogen and oxygen atoms in total. The number of amides is 1. The molecular formula is C38H39N5O5. The summed E-state index contributed by atoms with van der Waals surface area (Å²) in [5.74, 6) is 1.45. The number of nitrogens with one attached hydrogen (secondary N) is 1. The van der Waals surface area contributed by atoms with Gasteiger partial charge in [-0.2, -0.15) is 0 Å². The predicted octanol–water partition coefficient (Wildman–Crippen LogP) is 6.99. The molecule has 0 saturated heterocycles. The molecule has 1 heterocycles. The number of aliphatic hydroxyl groups excluding tert-OH is 1. The molecule has 0 aliphatic carbocycles. The Morgan fingerprint density at radius 3 is 2.48 bits per heavy atom. The molecule has 0 bridgehead atoms. The van der Waals surface area contributed by atoms with Crippen LogP contribution in [0, 0.1) is 0 Å². The van der Waals surface area contributed by atoms with E-state index in [2.05, 4.69) is 15.3 Å². The third-order valence-electron chi connectivity index (χ3n) is 8.07.